The first-order valence-electron chi connectivity index (χ1n) is 11.5. The molecule has 172 valence electrons. The molecule has 1 spiro atoms. The van der Waals surface area contributed by atoms with Crippen LogP contribution in [0.5, 0.6) is 0 Å². The second-order valence-corrected chi connectivity index (χ2v) is 8.88. The van der Waals surface area contributed by atoms with Gasteiger partial charge in [-0.2, -0.15) is 0 Å². The zero-order valence-electron chi connectivity index (χ0n) is 18.6. The molecule has 6 heteroatoms. The third-order valence-electron chi connectivity index (χ3n) is 6.92. The fraction of sp³-hybridized carbons (Fsp3) is 0.500. The molecule has 0 radical (unpaired) electrons. The minimum absolute atomic E-state index is 0.0550. The minimum Gasteiger partial charge on any atom is -0.348 e. The first-order valence-corrected chi connectivity index (χ1v) is 11.5. The van der Waals surface area contributed by atoms with Crippen LogP contribution in [0.25, 0.3) is 0 Å². The van der Waals surface area contributed by atoms with Crippen LogP contribution in [0.2, 0.25) is 0 Å². The highest BCUT2D eigenvalue weighted by Crippen LogP contribution is 2.44. The number of hydrogen-bond acceptors (Lipinski definition) is 4. The molecule has 2 heterocycles. The average Bonchev–Trinajstić information content (AvgIpc) is 2.81. The molecule has 2 atom stereocenters. The molecule has 32 heavy (non-hydrogen) atoms. The molecule has 0 saturated carbocycles. The summed E-state index contributed by atoms with van der Waals surface area (Å²) in [5, 5.41) is 0. The Morgan fingerprint density at radius 2 is 1.66 bits per heavy atom. The quantitative estimate of drug-likeness (QED) is 0.527. The summed E-state index contributed by atoms with van der Waals surface area (Å²) in [6.07, 6.45) is 3.60. The molecule has 2 aliphatic heterocycles. The summed E-state index contributed by atoms with van der Waals surface area (Å²) in [6.45, 7) is 5.50. The van der Waals surface area contributed by atoms with E-state index in [-0.39, 0.29) is 23.0 Å². The lowest BCUT2D eigenvalue weighted by Gasteiger charge is -2.50. The van der Waals surface area contributed by atoms with Gasteiger partial charge in [0.1, 0.15) is 11.6 Å². The van der Waals surface area contributed by atoms with E-state index in [1.807, 2.05) is 0 Å². The van der Waals surface area contributed by atoms with Crippen LogP contribution in [0.1, 0.15) is 61.2 Å². The fourth-order valence-corrected chi connectivity index (χ4v) is 4.90. The Kier molecular flexibility index (Phi) is 7.33. The van der Waals surface area contributed by atoms with Crippen LogP contribution in [0.4, 0.5) is 8.78 Å². The lowest BCUT2D eigenvalue weighted by Crippen LogP contribution is -2.55. The fourth-order valence-electron chi connectivity index (χ4n) is 4.90. The van der Waals surface area contributed by atoms with Gasteiger partial charge in [-0.3, -0.25) is 4.79 Å². The number of carbonyl (C=O) groups is 1. The second-order valence-electron chi connectivity index (χ2n) is 8.88. The van der Waals surface area contributed by atoms with Crippen molar-refractivity contribution in [3.05, 3.63) is 71.3 Å². The number of carbonyl (C=O) groups excluding carboxylic acids is 1. The predicted octanol–water partition coefficient (Wildman–Crippen LogP) is 5.53. The summed E-state index contributed by atoms with van der Waals surface area (Å²) in [6, 6.07) is 12.1. The maximum atomic E-state index is 13.3. The highest BCUT2D eigenvalue weighted by atomic mass is 19.1. The number of halogens is 2. The van der Waals surface area contributed by atoms with Crippen molar-refractivity contribution in [3.63, 3.8) is 0 Å². The first kappa shape index (κ1) is 23.0. The molecule has 2 aromatic rings. The van der Waals surface area contributed by atoms with Crippen molar-refractivity contribution in [3.8, 4) is 0 Å². The van der Waals surface area contributed by atoms with Gasteiger partial charge in [0.25, 0.3) is 0 Å². The van der Waals surface area contributed by atoms with Crippen LogP contribution in [0.15, 0.2) is 48.5 Å². The second kappa shape index (κ2) is 10.2. The van der Waals surface area contributed by atoms with E-state index >= 15 is 0 Å². The Labute approximate surface area is 188 Å². The van der Waals surface area contributed by atoms with Crippen molar-refractivity contribution in [2.75, 3.05) is 26.2 Å². The van der Waals surface area contributed by atoms with Gasteiger partial charge in [-0.05, 0) is 68.6 Å². The number of hydrogen-bond donors (Lipinski definition) is 0. The predicted molar refractivity (Wildman–Crippen MR) is 118 cm³/mol. The summed E-state index contributed by atoms with van der Waals surface area (Å²) in [7, 11) is 0. The number of likely N-dealkylation sites (tertiary alicyclic amines) is 1. The summed E-state index contributed by atoms with van der Waals surface area (Å²) < 4.78 is 38.9. The Balaban J connectivity index is 1.29. The summed E-state index contributed by atoms with van der Waals surface area (Å²) in [5.41, 5.74) is 1.19. The maximum absolute atomic E-state index is 13.3. The molecule has 4 rings (SSSR count). The Morgan fingerprint density at radius 1 is 1.03 bits per heavy atom. The SMILES string of the molecule is CCC1COC(c2ccc(F)cc2)OC12CCN(CCCC(=O)c1ccc(F)cc1)CC2. The van der Waals surface area contributed by atoms with Crippen molar-refractivity contribution in [2.24, 2.45) is 5.92 Å². The molecule has 2 unspecified atom stereocenters. The van der Waals surface area contributed by atoms with Crippen LogP contribution in [0.3, 0.4) is 0 Å². The Morgan fingerprint density at radius 3 is 2.28 bits per heavy atom. The molecule has 2 fully saturated rings. The molecular formula is C26H31F2NO3. The van der Waals surface area contributed by atoms with E-state index in [0.717, 1.165) is 50.9 Å². The van der Waals surface area contributed by atoms with Crippen molar-refractivity contribution < 1.29 is 23.0 Å². The van der Waals surface area contributed by atoms with Gasteiger partial charge >= 0.3 is 0 Å². The Bertz CT molecular complexity index is 892. The highest BCUT2D eigenvalue weighted by Gasteiger charge is 2.47. The topological polar surface area (TPSA) is 38.8 Å². The van der Waals surface area contributed by atoms with E-state index in [9.17, 15) is 13.6 Å². The van der Waals surface area contributed by atoms with Crippen LogP contribution in [0, 0.1) is 17.6 Å². The summed E-state index contributed by atoms with van der Waals surface area (Å²) >= 11 is 0. The number of ketones is 1. The molecule has 2 aliphatic rings. The monoisotopic (exact) mass is 443 g/mol. The van der Waals surface area contributed by atoms with Crippen LogP contribution in [-0.2, 0) is 9.47 Å². The maximum Gasteiger partial charge on any atom is 0.184 e. The van der Waals surface area contributed by atoms with Gasteiger partial charge < -0.3 is 14.4 Å². The lowest BCUT2D eigenvalue weighted by atomic mass is 9.77. The third kappa shape index (κ3) is 5.25. The van der Waals surface area contributed by atoms with Crippen LogP contribution in [-0.4, -0.2) is 42.5 Å². The molecule has 0 bridgehead atoms. The number of ether oxygens (including phenoxy) is 2. The molecule has 4 nitrogen and oxygen atoms in total. The third-order valence-corrected chi connectivity index (χ3v) is 6.92. The first-order chi connectivity index (χ1) is 15.5. The van der Waals surface area contributed by atoms with Gasteiger partial charge in [-0.15, -0.1) is 0 Å². The standard InChI is InChI=1S/C26H31F2NO3/c1-2-21-18-31-25(20-7-11-23(28)12-8-20)32-26(21)13-16-29(17-14-26)15-3-4-24(30)19-5-9-22(27)10-6-19/h5-12,21,25H,2-4,13-18H2,1H3. The van der Waals surface area contributed by atoms with Gasteiger partial charge in [0.05, 0.1) is 12.2 Å². The molecular weight excluding hydrogens is 412 g/mol. The van der Waals surface area contributed by atoms with E-state index in [1.165, 1.54) is 24.3 Å². The number of benzene rings is 2. The molecule has 2 aromatic carbocycles. The van der Waals surface area contributed by atoms with Gasteiger partial charge in [0, 0.05) is 36.6 Å². The molecule has 0 amide bonds. The van der Waals surface area contributed by atoms with Crippen molar-refractivity contribution in [1.82, 2.24) is 4.90 Å². The Hall–Kier alpha value is -2.15. The highest BCUT2D eigenvalue weighted by molar-refractivity contribution is 5.95. The van der Waals surface area contributed by atoms with Crippen LogP contribution < -0.4 is 0 Å². The van der Waals surface area contributed by atoms with E-state index in [2.05, 4.69) is 11.8 Å². The van der Waals surface area contributed by atoms with Crippen LogP contribution >= 0.6 is 0 Å². The molecule has 0 N–H and O–H groups in total. The van der Waals surface area contributed by atoms with E-state index in [1.54, 1.807) is 24.3 Å². The number of piperidine rings is 1. The number of rotatable bonds is 7. The van der Waals surface area contributed by atoms with E-state index in [0.29, 0.717) is 24.5 Å². The largest absolute Gasteiger partial charge is 0.348 e. The van der Waals surface area contributed by atoms with Crippen molar-refractivity contribution in [1.29, 1.82) is 0 Å². The molecule has 0 aromatic heterocycles. The van der Waals surface area contributed by atoms with Gasteiger partial charge in [0.15, 0.2) is 12.1 Å². The minimum atomic E-state index is -0.460. The zero-order valence-corrected chi connectivity index (χ0v) is 18.6. The van der Waals surface area contributed by atoms with Crippen molar-refractivity contribution >= 4 is 5.78 Å². The van der Waals surface area contributed by atoms with Gasteiger partial charge in [-0.25, -0.2) is 8.78 Å². The summed E-state index contributed by atoms with van der Waals surface area (Å²) in [5.74, 6) is -0.205. The molecule has 2 saturated heterocycles. The average molecular weight is 444 g/mol. The smallest absolute Gasteiger partial charge is 0.184 e. The normalized spacial score (nSPS) is 23.3. The van der Waals surface area contributed by atoms with Gasteiger partial charge in [-0.1, -0.05) is 19.1 Å². The summed E-state index contributed by atoms with van der Waals surface area (Å²) in [4.78, 5) is 14.7. The number of Topliss-reactive ketones (excluding diaryl/α,β-unsaturated/α-hetero) is 1. The van der Waals surface area contributed by atoms with Crippen molar-refractivity contribution in [2.45, 2.75) is 50.9 Å². The van der Waals surface area contributed by atoms with E-state index in [4.69, 9.17) is 9.47 Å². The lowest BCUT2D eigenvalue weighted by molar-refractivity contribution is -0.298. The zero-order chi connectivity index (χ0) is 22.6. The van der Waals surface area contributed by atoms with E-state index < -0.39 is 6.29 Å². The van der Waals surface area contributed by atoms with Gasteiger partial charge in [0.2, 0.25) is 0 Å². The molecule has 0 aliphatic carbocycles. The number of nitrogens with zero attached hydrogens (tertiary/aromatic N) is 1.